The second kappa shape index (κ2) is 5.87. The molecule has 2 rings (SSSR count). The number of allylic oxidation sites excluding steroid dienone is 2. The molecule has 21 heavy (non-hydrogen) atoms. The van der Waals surface area contributed by atoms with Gasteiger partial charge in [-0.25, -0.2) is 0 Å². The summed E-state index contributed by atoms with van der Waals surface area (Å²) in [5.74, 6) is -1.16. The van der Waals surface area contributed by atoms with Crippen molar-refractivity contribution in [2.24, 2.45) is 0 Å². The Morgan fingerprint density at radius 1 is 1.24 bits per heavy atom. The summed E-state index contributed by atoms with van der Waals surface area (Å²) in [6.07, 6.45) is 2.94. The van der Waals surface area contributed by atoms with Crippen molar-refractivity contribution in [1.82, 2.24) is 0 Å². The van der Waals surface area contributed by atoms with Crippen molar-refractivity contribution in [3.8, 4) is 0 Å². The second-order valence-corrected chi connectivity index (χ2v) is 4.65. The Kier molecular flexibility index (Phi) is 4.16. The molecule has 0 aromatic heterocycles. The fraction of sp³-hybridized carbons (Fsp3) is 0.125. The second-order valence-electron chi connectivity index (χ2n) is 4.65. The van der Waals surface area contributed by atoms with Crippen LogP contribution in [0.5, 0.6) is 0 Å². The third kappa shape index (κ3) is 2.99. The lowest BCUT2D eigenvalue weighted by Crippen LogP contribution is -2.47. The SMILES string of the molecule is O=CC1(O)C=CC(=O)/C(=C(/O)C=Cc2ccccc2)C1O. The fourth-order valence-corrected chi connectivity index (χ4v) is 1.96. The van der Waals surface area contributed by atoms with E-state index in [2.05, 4.69) is 0 Å². The number of carbonyl (C=O) groups excluding carboxylic acids is 2. The molecular weight excluding hydrogens is 272 g/mol. The highest BCUT2D eigenvalue weighted by Crippen LogP contribution is 2.26. The minimum Gasteiger partial charge on any atom is -0.507 e. The summed E-state index contributed by atoms with van der Waals surface area (Å²) in [5, 5.41) is 29.7. The molecule has 0 amide bonds. The molecule has 0 saturated heterocycles. The van der Waals surface area contributed by atoms with E-state index in [9.17, 15) is 24.9 Å². The Morgan fingerprint density at radius 2 is 1.90 bits per heavy atom. The molecule has 1 aliphatic rings. The van der Waals surface area contributed by atoms with Crippen molar-refractivity contribution in [3.05, 3.63) is 65.5 Å². The fourth-order valence-electron chi connectivity index (χ4n) is 1.96. The summed E-state index contributed by atoms with van der Waals surface area (Å²) in [4.78, 5) is 22.6. The van der Waals surface area contributed by atoms with E-state index in [0.29, 0.717) is 0 Å². The Hall–Kier alpha value is -2.50. The number of carbonyl (C=O) groups is 2. The molecule has 2 atom stereocenters. The predicted octanol–water partition coefficient (Wildman–Crippen LogP) is 0.942. The lowest BCUT2D eigenvalue weighted by molar-refractivity contribution is -0.129. The zero-order chi connectivity index (χ0) is 15.5. The molecule has 2 unspecified atom stereocenters. The van der Waals surface area contributed by atoms with Crippen molar-refractivity contribution in [2.45, 2.75) is 11.7 Å². The van der Waals surface area contributed by atoms with Crippen molar-refractivity contribution in [3.63, 3.8) is 0 Å². The molecule has 1 aliphatic carbocycles. The maximum atomic E-state index is 11.7. The van der Waals surface area contributed by atoms with E-state index < -0.39 is 28.8 Å². The maximum absolute atomic E-state index is 11.7. The Labute approximate surface area is 121 Å². The Morgan fingerprint density at radius 3 is 2.52 bits per heavy atom. The summed E-state index contributed by atoms with van der Waals surface area (Å²) in [5.41, 5.74) is -1.85. The van der Waals surface area contributed by atoms with Crippen LogP contribution in [0.1, 0.15) is 5.56 Å². The molecule has 5 heteroatoms. The van der Waals surface area contributed by atoms with E-state index in [4.69, 9.17) is 0 Å². The summed E-state index contributed by atoms with van der Waals surface area (Å²) >= 11 is 0. The molecule has 0 saturated carbocycles. The van der Waals surface area contributed by atoms with Crippen LogP contribution in [0.4, 0.5) is 0 Å². The van der Waals surface area contributed by atoms with Crippen molar-refractivity contribution in [1.29, 1.82) is 0 Å². The van der Waals surface area contributed by atoms with Crippen LogP contribution in [0.25, 0.3) is 6.08 Å². The summed E-state index contributed by atoms with van der Waals surface area (Å²) in [7, 11) is 0. The molecule has 5 nitrogen and oxygen atoms in total. The van der Waals surface area contributed by atoms with E-state index in [1.165, 1.54) is 6.08 Å². The van der Waals surface area contributed by atoms with E-state index in [1.807, 2.05) is 6.07 Å². The molecule has 1 aromatic carbocycles. The number of hydrogen-bond donors (Lipinski definition) is 3. The van der Waals surface area contributed by atoms with E-state index in [1.54, 1.807) is 30.3 Å². The number of aliphatic hydroxyl groups excluding tert-OH is 2. The first-order valence-corrected chi connectivity index (χ1v) is 6.24. The van der Waals surface area contributed by atoms with Gasteiger partial charge < -0.3 is 15.3 Å². The van der Waals surface area contributed by atoms with Gasteiger partial charge in [0.05, 0.1) is 5.57 Å². The maximum Gasteiger partial charge on any atom is 0.188 e. The molecule has 3 N–H and O–H groups in total. The predicted molar refractivity (Wildman–Crippen MR) is 76.3 cm³/mol. The highest BCUT2D eigenvalue weighted by Gasteiger charge is 2.42. The van der Waals surface area contributed by atoms with Crippen LogP contribution in [0.3, 0.4) is 0 Å². The van der Waals surface area contributed by atoms with Gasteiger partial charge in [0.25, 0.3) is 0 Å². The summed E-state index contributed by atoms with van der Waals surface area (Å²) in [6.45, 7) is 0. The Balaban J connectivity index is 2.37. The van der Waals surface area contributed by atoms with Gasteiger partial charge in [0.2, 0.25) is 0 Å². The van der Waals surface area contributed by atoms with Crippen molar-refractivity contribution < 1.29 is 24.9 Å². The van der Waals surface area contributed by atoms with Crippen LogP contribution in [0, 0.1) is 0 Å². The topological polar surface area (TPSA) is 94.8 Å². The minimum atomic E-state index is -2.21. The normalized spacial score (nSPS) is 27.9. The van der Waals surface area contributed by atoms with Crippen LogP contribution in [-0.4, -0.2) is 39.1 Å². The van der Waals surface area contributed by atoms with Crippen molar-refractivity contribution >= 4 is 18.1 Å². The third-order valence-electron chi connectivity index (χ3n) is 3.18. The van der Waals surface area contributed by atoms with Crippen LogP contribution < -0.4 is 0 Å². The quantitative estimate of drug-likeness (QED) is 0.437. The van der Waals surface area contributed by atoms with E-state index in [0.717, 1.165) is 17.7 Å². The van der Waals surface area contributed by atoms with Crippen LogP contribution in [0.15, 0.2) is 59.9 Å². The molecular formula is C16H14O5. The van der Waals surface area contributed by atoms with Gasteiger partial charge in [0.15, 0.2) is 17.7 Å². The highest BCUT2D eigenvalue weighted by molar-refractivity contribution is 6.08. The Bertz CT molecular complexity index is 642. The molecule has 0 radical (unpaired) electrons. The standard InChI is InChI=1S/C16H14O5/c17-10-16(21)9-8-13(19)14(15(16)20)12(18)7-6-11-4-2-1-3-5-11/h1-10,15,18,20-21H/b7-6?,14-12-. The summed E-state index contributed by atoms with van der Waals surface area (Å²) in [6, 6.07) is 9.01. The molecule has 0 aliphatic heterocycles. The lowest BCUT2D eigenvalue weighted by atomic mass is 9.84. The van der Waals surface area contributed by atoms with Gasteiger partial charge in [-0.15, -0.1) is 0 Å². The molecule has 0 heterocycles. The number of benzene rings is 1. The first-order valence-electron chi connectivity index (χ1n) is 6.24. The van der Waals surface area contributed by atoms with Gasteiger partial charge in [-0.3, -0.25) is 9.59 Å². The molecule has 1 aromatic rings. The van der Waals surface area contributed by atoms with Crippen LogP contribution in [0.2, 0.25) is 0 Å². The number of aldehydes is 1. The number of aliphatic hydroxyl groups is 3. The van der Waals surface area contributed by atoms with Gasteiger partial charge >= 0.3 is 0 Å². The largest absolute Gasteiger partial charge is 0.507 e. The van der Waals surface area contributed by atoms with Gasteiger partial charge in [-0.2, -0.15) is 0 Å². The monoisotopic (exact) mass is 286 g/mol. The number of ketones is 1. The smallest absolute Gasteiger partial charge is 0.188 e. The number of hydrogen-bond acceptors (Lipinski definition) is 5. The third-order valence-corrected chi connectivity index (χ3v) is 3.18. The van der Waals surface area contributed by atoms with Crippen molar-refractivity contribution in [2.75, 3.05) is 0 Å². The first kappa shape index (κ1) is 14.9. The molecule has 0 bridgehead atoms. The molecule has 0 fully saturated rings. The lowest BCUT2D eigenvalue weighted by Gasteiger charge is -2.28. The zero-order valence-corrected chi connectivity index (χ0v) is 11.0. The van der Waals surface area contributed by atoms with E-state index in [-0.39, 0.29) is 6.29 Å². The average Bonchev–Trinajstić information content (AvgIpc) is 2.50. The zero-order valence-electron chi connectivity index (χ0n) is 11.0. The minimum absolute atomic E-state index is 0.120. The van der Waals surface area contributed by atoms with Crippen LogP contribution in [-0.2, 0) is 9.59 Å². The van der Waals surface area contributed by atoms with Gasteiger partial charge in [-0.1, -0.05) is 36.4 Å². The molecule has 108 valence electrons. The van der Waals surface area contributed by atoms with Gasteiger partial charge in [0, 0.05) is 0 Å². The van der Waals surface area contributed by atoms with E-state index >= 15 is 0 Å². The molecule has 0 spiro atoms. The van der Waals surface area contributed by atoms with Gasteiger partial charge in [0.1, 0.15) is 11.9 Å². The number of rotatable bonds is 3. The van der Waals surface area contributed by atoms with Gasteiger partial charge in [-0.05, 0) is 23.8 Å². The average molecular weight is 286 g/mol. The summed E-state index contributed by atoms with van der Waals surface area (Å²) < 4.78 is 0. The highest BCUT2D eigenvalue weighted by atomic mass is 16.3. The first-order chi connectivity index (χ1) is 9.98. The van der Waals surface area contributed by atoms with Crippen LogP contribution >= 0.6 is 0 Å².